The Morgan fingerprint density at radius 2 is 2.07 bits per heavy atom. The van der Waals surface area contributed by atoms with Crippen molar-refractivity contribution in [2.45, 2.75) is 31.1 Å². The van der Waals surface area contributed by atoms with E-state index in [0.29, 0.717) is 31.9 Å². The van der Waals surface area contributed by atoms with Crippen LogP contribution in [-0.4, -0.2) is 38.8 Å². The monoisotopic (exact) mass is 241 g/mol. The van der Waals surface area contributed by atoms with Crippen LogP contribution in [0.4, 0.5) is 0 Å². The van der Waals surface area contributed by atoms with Gasteiger partial charge in [-0.05, 0) is 19.8 Å². The summed E-state index contributed by atoms with van der Waals surface area (Å²) < 4.78 is 31.1. The van der Waals surface area contributed by atoms with Crippen molar-refractivity contribution in [1.82, 2.24) is 4.72 Å². The van der Waals surface area contributed by atoms with Gasteiger partial charge in [0.25, 0.3) is 0 Å². The van der Waals surface area contributed by atoms with E-state index in [0.717, 1.165) is 0 Å². The standard InChI is InChI=1S/C8H16ClNO3S/c1-7(6-9)10-14(11,12)8-2-4-13-5-3-8/h7-8,10H,2-6H2,1H3. The number of sulfonamides is 1. The number of hydrogen-bond donors (Lipinski definition) is 1. The molecule has 1 saturated heterocycles. The normalized spacial score (nSPS) is 22.1. The van der Waals surface area contributed by atoms with Crippen LogP contribution in [0.5, 0.6) is 0 Å². The molecule has 4 nitrogen and oxygen atoms in total. The molecule has 0 aromatic carbocycles. The molecule has 0 bridgehead atoms. The predicted octanol–water partition coefficient (Wildman–Crippen LogP) is 0.712. The van der Waals surface area contributed by atoms with E-state index >= 15 is 0 Å². The van der Waals surface area contributed by atoms with Gasteiger partial charge in [0, 0.05) is 25.1 Å². The van der Waals surface area contributed by atoms with E-state index in [1.54, 1.807) is 6.92 Å². The molecule has 0 aliphatic carbocycles. The second kappa shape index (κ2) is 5.30. The molecule has 0 radical (unpaired) electrons. The van der Waals surface area contributed by atoms with Crippen molar-refractivity contribution in [3.63, 3.8) is 0 Å². The summed E-state index contributed by atoms with van der Waals surface area (Å²) in [5.41, 5.74) is 0. The Morgan fingerprint density at radius 3 is 2.57 bits per heavy atom. The molecule has 84 valence electrons. The lowest BCUT2D eigenvalue weighted by molar-refractivity contribution is 0.0981. The Hall–Kier alpha value is 0.160. The molecule has 6 heteroatoms. The molecule has 1 heterocycles. The molecule has 1 atom stereocenters. The van der Waals surface area contributed by atoms with Gasteiger partial charge in [-0.15, -0.1) is 11.6 Å². The van der Waals surface area contributed by atoms with Crippen LogP contribution in [-0.2, 0) is 14.8 Å². The molecule has 1 fully saturated rings. The summed E-state index contributed by atoms with van der Waals surface area (Å²) in [6.07, 6.45) is 1.15. The zero-order valence-corrected chi connectivity index (χ0v) is 9.77. The zero-order valence-electron chi connectivity index (χ0n) is 8.20. The van der Waals surface area contributed by atoms with Crippen molar-refractivity contribution in [3.8, 4) is 0 Å². The fraction of sp³-hybridized carbons (Fsp3) is 1.00. The second-order valence-corrected chi connectivity index (χ2v) is 5.83. The molecule has 1 rings (SSSR count). The highest BCUT2D eigenvalue weighted by molar-refractivity contribution is 7.90. The molecule has 0 aromatic heterocycles. The molecule has 0 saturated carbocycles. The lowest BCUT2D eigenvalue weighted by atomic mass is 10.2. The SMILES string of the molecule is CC(CCl)NS(=O)(=O)C1CCOCC1. The molecular formula is C8H16ClNO3S. The highest BCUT2D eigenvalue weighted by Gasteiger charge is 2.28. The Labute approximate surface area is 90.0 Å². The molecular weight excluding hydrogens is 226 g/mol. The zero-order chi connectivity index (χ0) is 10.6. The van der Waals surface area contributed by atoms with E-state index in [4.69, 9.17) is 16.3 Å². The number of hydrogen-bond acceptors (Lipinski definition) is 3. The lowest BCUT2D eigenvalue weighted by Gasteiger charge is -2.23. The van der Waals surface area contributed by atoms with Crippen molar-refractivity contribution >= 4 is 21.6 Å². The molecule has 1 unspecified atom stereocenters. The number of rotatable bonds is 4. The largest absolute Gasteiger partial charge is 0.381 e. The summed E-state index contributed by atoms with van der Waals surface area (Å²) in [5.74, 6) is 0.294. The van der Waals surface area contributed by atoms with Gasteiger partial charge in [-0.2, -0.15) is 0 Å². The minimum atomic E-state index is -3.21. The average Bonchev–Trinajstić information content (AvgIpc) is 2.18. The number of nitrogens with one attached hydrogen (secondary N) is 1. The van der Waals surface area contributed by atoms with Gasteiger partial charge in [-0.25, -0.2) is 13.1 Å². The van der Waals surface area contributed by atoms with Gasteiger partial charge in [0.1, 0.15) is 0 Å². The summed E-state index contributed by atoms with van der Waals surface area (Å²) in [7, 11) is -3.21. The molecule has 0 aromatic rings. The maximum Gasteiger partial charge on any atom is 0.214 e. The minimum Gasteiger partial charge on any atom is -0.381 e. The summed E-state index contributed by atoms with van der Waals surface area (Å²) in [6, 6.07) is -0.204. The fourth-order valence-corrected chi connectivity index (χ4v) is 3.21. The second-order valence-electron chi connectivity index (χ2n) is 3.53. The third kappa shape index (κ3) is 3.38. The Balaban J connectivity index is 2.54. The van der Waals surface area contributed by atoms with Gasteiger partial charge in [-0.3, -0.25) is 0 Å². The first-order valence-electron chi connectivity index (χ1n) is 4.71. The van der Waals surface area contributed by atoms with E-state index in [1.807, 2.05) is 0 Å². The van der Waals surface area contributed by atoms with E-state index in [2.05, 4.69) is 4.72 Å². The molecule has 1 aliphatic rings. The van der Waals surface area contributed by atoms with Crippen LogP contribution >= 0.6 is 11.6 Å². The number of halogens is 1. The van der Waals surface area contributed by atoms with Gasteiger partial charge >= 0.3 is 0 Å². The van der Waals surface area contributed by atoms with Crippen molar-refractivity contribution in [1.29, 1.82) is 0 Å². The molecule has 14 heavy (non-hydrogen) atoms. The third-order valence-electron chi connectivity index (χ3n) is 2.20. The Kier molecular flexibility index (Phi) is 4.63. The van der Waals surface area contributed by atoms with Crippen LogP contribution < -0.4 is 4.72 Å². The predicted molar refractivity (Wildman–Crippen MR) is 56.1 cm³/mol. The van der Waals surface area contributed by atoms with E-state index in [-0.39, 0.29) is 11.3 Å². The van der Waals surface area contributed by atoms with E-state index < -0.39 is 10.0 Å². The van der Waals surface area contributed by atoms with Gasteiger partial charge in [-0.1, -0.05) is 0 Å². The van der Waals surface area contributed by atoms with Crippen LogP contribution in [0.3, 0.4) is 0 Å². The maximum atomic E-state index is 11.7. The van der Waals surface area contributed by atoms with Crippen LogP contribution in [0.15, 0.2) is 0 Å². The van der Waals surface area contributed by atoms with E-state index in [1.165, 1.54) is 0 Å². The topological polar surface area (TPSA) is 55.4 Å². The number of ether oxygens (including phenoxy) is 1. The first-order valence-corrected chi connectivity index (χ1v) is 6.79. The van der Waals surface area contributed by atoms with Gasteiger partial charge in [0.05, 0.1) is 5.25 Å². The van der Waals surface area contributed by atoms with Crippen LogP contribution in [0.1, 0.15) is 19.8 Å². The summed E-state index contributed by atoms with van der Waals surface area (Å²) in [6.45, 7) is 2.81. The van der Waals surface area contributed by atoms with Gasteiger partial charge in [0.15, 0.2) is 0 Å². The highest BCUT2D eigenvalue weighted by Crippen LogP contribution is 2.15. The quantitative estimate of drug-likeness (QED) is 0.738. The summed E-state index contributed by atoms with van der Waals surface area (Å²) >= 11 is 5.55. The van der Waals surface area contributed by atoms with Crippen LogP contribution in [0.25, 0.3) is 0 Å². The Morgan fingerprint density at radius 1 is 1.50 bits per heavy atom. The lowest BCUT2D eigenvalue weighted by Crippen LogP contribution is -2.42. The fourth-order valence-electron chi connectivity index (χ4n) is 1.39. The third-order valence-corrected chi connectivity index (χ3v) is 4.75. The molecule has 1 N–H and O–H groups in total. The van der Waals surface area contributed by atoms with Gasteiger partial charge < -0.3 is 4.74 Å². The molecule has 0 spiro atoms. The van der Waals surface area contributed by atoms with E-state index in [9.17, 15) is 8.42 Å². The van der Waals surface area contributed by atoms with Crippen molar-refractivity contribution in [2.24, 2.45) is 0 Å². The van der Waals surface area contributed by atoms with Crippen molar-refractivity contribution < 1.29 is 13.2 Å². The highest BCUT2D eigenvalue weighted by atomic mass is 35.5. The summed E-state index contributed by atoms with van der Waals surface area (Å²) in [5, 5.41) is -0.318. The minimum absolute atomic E-state index is 0.204. The van der Waals surface area contributed by atoms with Crippen molar-refractivity contribution in [3.05, 3.63) is 0 Å². The average molecular weight is 242 g/mol. The smallest absolute Gasteiger partial charge is 0.214 e. The Bertz CT molecular complexity index is 262. The van der Waals surface area contributed by atoms with Gasteiger partial charge in [0.2, 0.25) is 10.0 Å². The number of alkyl halides is 1. The van der Waals surface area contributed by atoms with Crippen LogP contribution in [0, 0.1) is 0 Å². The first-order chi connectivity index (χ1) is 6.56. The summed E-state index contributed by atoms with van der Waals surface area (Å²) in [4.78, 5) is 0. The molecule has 0 amide bonds. The van der Waals surface area contributed by atoms with Crippen molar-refractivity contribution in [2.75, 3.05) is 19.1 Å². The first kappa shape index (κ1) is 12.2. The molecule has 1 aliphatic heterocycles. The van der Waals surface area contributed by atoms with Crippen LogP contribution in [0.2, 0.25) is 0 Å². The maximum absolute atomic E-state index is 11.7.